The molecular formula is C14H11NO5. The SMILES string of the molecule is COC(=O)c1ccc2c(c1)Oc1ccc(=O)[nH]c1CO2. The van der Waals surface area contributed by atoms with Crippen LogP contribution in [0.3, 0.4) is 0 Å². The standard InChI is InChI=1S/C14H11NO5/c1-18-14(17)8-2-3-11-12(6-8)20-10-4-5-13(16)15-9(10)7-19-11/h2-6H,7H2,1H3,(H,15,16). The lowest BCUT2D eigenvalue weighted by atomic mass is 10.2. The minimum absolute atomic E-state index is 0.190. The van der Waals surface area contributed by atoms with Gasteiger partial charge in [0.15, 0.2) is 17.2 Å². The van der Waals surface area contributed by atoms with Gasteiger partial charge in [-0.15, -0.1) is 0 Å². The molecule has 0 atom stereocenters. The van der Waals surface area contributed by atoms with Crippen LogP contribution < -0.4 is 15.0 Å². The molecule has 0 bridgehead atoms. The zero-order chi connectivity index (χ0) is 14.1. The van der Waals surface area contributed by atoms with Crippen LogP contribution in [0.15, 0.2) is 35.1 Å². The number of pyridine rings is 1. The van der Waals surface area contributed by atoms with Crippen LogP contribution in [0.1, 0.15) is 16.1 Å². The Balaban J connectivity index is 2.04. The summed E-state index contributed by atoms with van der Waals surface area (Å²) in [4.78, 5) is 25.4. The Hall–Kier alpha value is -2.76. The summed E-state index contributed by atoms with van der Waals surface area (Å²) in [5.74, 6) is 0.932. The summed E-state index contributed by atoms with van der Waals surface area (Å²) < 4.78 is 15.9. The van der Waals surface area contributed by atoms with Crippen molar-refractivity contribution < 1.29 is 19.0 Å². The fourth-order valence-electron chi connectivity index (χ4n) is 1.93. The van der Waals surface area contributed by atoms with E-state index in [0.717, 1.165) is 0 Å². The minimum atomic E-state index is -0.456. The largest absolute Gasteiger partial charge is 0.483 e. The van der Waals surface area contributed by atoms with Crippen molar-refractivity contribution in [1.29, 1.82) is 0 Å². The van der Waals surface area contributed by atoms with Crippen LogP contribution in [0, 0.1) is 0 Å². The number of methoxy groups -OCH3 is 1. The van der Waals surface area contributed by atoms with Gasteiger partial charge in [0, 0.05) is 6.07 Å². The molecule has 2 heterocycles. The number of carbonyl (C=O) groups excluding carboxylic acids is 1. The smallest absolute Gasteiger partial charge is 0.337 e. The number of hydrogen-bond donors (Lipinski definition) is 1. The van der Waals surface area contributed by atoms with Gasteiger partial charge in [0.2, 0.25) is 5.56 Å². The molecule has 20 heavy (non-hydrogen) atoms. The summed E-state index contributed by atoms with van der Waals surface area (Å²) in [6.45, 7) is 0.190. The Morgan fingerprint density at radius 2 is 2.00 bits per heavy atom. The number of hydrogen-bond acceptors (Lipinski definition) is 5. The summed E-state index contributed by atoms with van der Waals surface area (Å²) in [5, 5.41) is 0. The second-order valence-corrected chi connectivity index (χ2v) is 4.21. The van der Waals surface area contributed by atoms with Gasteiger partial charge in [-0.3, -0.25) is 4.79 Å². The number of esters is 1. The maximum absolute atomic E-state index is 11.5. The Bertz CT molecular complexity index is 735. The molecule has 1 N–H and O–H groups in total. The zero-order valence-electron chi connectivity index (χ0n) is 10.6. The number of aromatic amines is 1. The molecule has 1 aromatic carbocycles. The predicted octanol–water partition coefficient (Wildman–Crippen LogP) is 1.85. The topological polar surface area (TPSA) is 77.6 Å². The lowest BCUT2D eigenvalue weighted by Crippen LogP contribution is -2.08. The number of benzene rings is 1. The number of aromatic nitrogens is 1. The average Bonchev–Trinajstić information content (AvgIpc) is 2.64. The van der Waals surface area contributed by atoms with Crippen LogP contribution in [0.4, 0.5) is 0 Å². The van der Waals surface area contributed by atoms with Crippen molar-refractivity contribution in [3.8, 4) is 17.2 Å². The van der Waals surface area contributed by atoms with E-state index in [1.54, 1.807) is 24.3 Å². The van der Waals surface area contributed by atoms with Crippen LogP contribution in [-0.2, 0) is 11.3 Å². The molecule has 1 aliphatic rings. The molecule has 1 aromatic heterocycles. The summed E-state index contributed by atoms with van der Waals surface area (Å²) in [5.41, 5.74) is 0.688. The quantitative estimate of drug-likeness (QED) is 0.802. The predicted molar refractivity (Wildman–Crippen MR) is 69.3 cm³/mol. The molecule has 0 radical (unpaired) electrons. The molecular weight excluding hydrogens is 262 g/mol. The van der Waals surface area contributed by atoms with Crippen LogP contribution >= 0.6 is 0 Å². The van der Waals surface area contributed by atoms with E-state index >= 15 is 0 Å². The van der Waals surface area contributed by atoms with Crippen molar-refractivity contribution in [1.82, 2.24) is 4.98 Å². The van der Waals surface area contributed by atoms with Crippen molar-refractivity contribution in [2.75, 3.05) is 7.11 Å². The summed E-state index contributed by atoms with van der Waals surface area (Å²) in [7, 11) is 1.31. The molecule has 0 saturated heterocycles. The molecule has 6 heteroatoms. The van der Waals surface area contributed by atoms with E-state index in [0.29, 0.717) is 28.5 Å². The van der Waals surface area contributed by atoms with Crippen molar-refractivity contribution in [3.63, 3.8) is 0 Å². The third kappa shape index (κ3) is 2.11. The molecule has 0 unspecified atom stereocenters. The van der Waals surface area contributed by atoms with E-state index in [-0.39, 0.29) is 12.2 Å². The highest BCUT2D eigenvalue weighted by molar-refractivity contribution is 5.90. The third-order valence-electron chi connectivity index (χ3n) is 2.91. The van der Waals surface area contributed by atoms with Gasteiger partial charge in [-0.05, 0) is 24.3 Å². The van der Waals surface area contributed by atoms with Crippen molar-refractivity contribution in [2.45, 2.75) is 6.61 Å². The van der Waals surface area contributed by atoms with E-state index in [2.05, 4.69) is 9.72 Å². The first-order valence-electron chi connectivity index (χ1n) is 5.92. The van der Waals surface area contributed by atoms with Gasteiger partial charge in [-0.25, -0.2) is 4.79 Å². The first-order valence-corrected chi connectivity index (χ1v) is 5.92. The molecule has 2 aromatic rings. The fraction of sp³-hybridized carbons (Fsp3) is 0.143. The molecule has 3 rings (SSSR count). The zero-order valence-corrected chi connectivity index (χ0v) is 10.6. The molecule has 0 fully saturated rings. The van der Waals surface area contributed by atoms with E-state index in [9.17, 15) is 9.59 Å². The minimum Gasteiger partial charge on any atom is -0.483 e. The number of rotatable bonds is 1. The molecule has 102 valence electrons. The second-order valence-electron chi connectivity index (χ2n) is 4.21. The third-order valence-corrected chi connectivity index (χ3v) is 2.91. The normalized spacial score (nSPS) is 12.2. The lowest BCUT2D eigenvalue weighted by Gasteiger charge is -2.08. The van der Waals surface area contributed by atoms with Gasteiger partial charge in [-0.2, -0.15) is 0 Å². The maximum atomic E-state index is 11.5. The number of ether oxygens (including phenoxy) is 3. The Morgan fingerprint density at radius 1 is 1.20 bits per heavy atom. The van der Waals surface area contributed by atoms with Gasteiger partial charge in [-0.1, -0.05) is 0 Å². The Kier molecular flexibility index (Phi) is 2.90. The van der Waals surface area contributed by atoms with Gasteiger partial charge in [0.1, 0.15) is 6.61 Å². The van der Waals surface area contributed by atoms with Crippen molar-refractivity contribution >= 4 is 5.97 Å². The van der Waals surface area contributed by atoms with Crippen molar-refractivity contribution in [2.24, 2.45) is 0 Å². The average molecular weight is 273 g/mol. The second kappa shape index (κ2) is 4.73. The van der Waals surface area contributed by atoms with E-state index in [1.165, 1.54) is 13.2 Å². The highest BCUT2D eigenvalue weighted by atomic mass is 16.5. The maximum Gasteiger partial charge on any atom is 0.337 e. The molecule has 1 aliphatic heterocycles. The number of fused-ring (bicyclic) bond motifs is 2. The van der Waals surface area contributed by atoms with Crippen LogP contribution in [0.5, 0.6) is 17.2 Å². The van der Waals surface area contributed by atoms with Crippen LogP contribution in [0.2, 0.25) is 0 Å². The number of carbonyl (C=O) groups is 1. The highest BCUT2D eigenvalue weighted by Gasteiger charge is 2.18. The van der Waals surface area contributed by atoms with E-state index < -0.39 is 5.97 Å². The number of H-pyrrole nitrogens is 1. The summed E-state index contributed by atoms with van der Waals surface area (Å²) in [6, 6.07) is 7.70. The van der Waals surface area contributed by atoms with Crippen LogP contribution in [-0.4, -0.2) is 18.1 Å². The fourth-order valence-corrected chi connectivity index (χ4v) is 1.93. The molecule has 0 amide bonds. The van der Waals surface area contributed by atoms with E-state index in [4.69, 9.17) is 9.47 Å². The molecule has 6 nitrogen and oxygen atoms in total. The summed E-state index contributed by atoms with van der Waals surface area (Å²) >= 11 is 0. The Labute approximate surface area is 113 Å². The van der Waals surface area contributed by atoms with Crippen molar-refractivity contribution in [3.05, 3.63) is 51.9 Å². The van der Waals surface area contributed by atoms with Gasteiger partial charge in [0.25, 0.3) is 0 Å². The Morgan fingerprint density at radius 3 is 2.80 bits per heavy atom. The van der Waals surface area contributed by atoms with Gasteiger partial charge in [0.05, 0.1) is 18.4 Å². The monoisotopic (exact) mass is 273 g/mol. The first-order chi connectivity index (χ1) is 9.67. The number of nitrogens with one attached hydrogen (secondary N) is 1. The van der Waals surface area contributed by atoms with E-state index in [1.807, 2.05) is 0 Å². The molecule has 0 aliphatic carbocycles. The lowest BCUT2D eigenvalue weighted by molar-refractivity contribution is 0.0600. The molecule has 0 spiro atoms. The highest BCUT2D eigenvalue weighted by Crippen LogP contribution is 2.37. The first kappa shape index (κ1) is 12.3. The summed E-state index contributed by atoms with van der Waals surface area (Å²) in [6.07, 6.45) is 0. The molecule has 0 saturated carbocycles. The van der Waals surface area contributed by atoms with Gasteiger partial charge >= 0.3 is 5.97 Å². The van der Waals surface area contributed by atoms with Crippen LogP contribution in [0.25, 0.3) is 0 Å². The van der Waals surface area contributed by atoms with Gasteiger partial charge < -0.3 is 19.2 Å².